The Morgan fingerprint density at radius 1 is 1.33 bits per heavy atom. The Labute approximate surface area is 125 Å². The minimum Gasteiger partial charge on any atom is -0.376 e. The van der Waals surface area contributed by atoms with Gasteiger partial charge in [0.05, 0.1) is 23.8 Å². The molecule has 1 saturated heterocycles. The summed E-state index contributed by atoms with van der Waals surface area (Å²) in [5.74, 6) is 0. The van der Waals surface area contributed by atoms with Crippen LogP contribution in [0.15, 0.2) is 48.4 Å². The molecule has 0 radical (unpaired) electrons. The SMILES string of the molecule is COC1CNCCC1=C(c1ccccc1)n1cnc(C)c1. The minimum atomic E-state index is 0.108. The molecule has 1 N–H and O–H groups in total. The molecule has 1 unspecified atom stereocenters. The Hall–Kier alpha value is -1.91. The van der Waals surface area contributed by atoms with Gasteiger partial charge in [-0.2, -0.15) is 0 Å². The van der Waals surface area contributed by atoms with Gasteiger partial charge in [0.25, 0.3) is 0 Å². The third-order valence-corrected chi connectivity index (χ3v) is 3.90. The molecule has 1 atom stereocenters. The summed E-state index contributed by atoms with van der Waals surface area (Å²) in [6.45, 7) is 3.86. The lowest BCUT2D eigenvalue weighted by Crippen LogP contribution is -2.37. The molecule has 0 aliphatic carbocycles. The van der Waals surface area contributed by atoms with Crippen molar-refractivity contribution in [3.05, 3.63) is 59.7 Å². The van der Waals surface area contributed by atoms with Crippen molar-refractivity contribution in [3.8, 4) is 0 Å². The zero-order valence-corrected chi connectivity index (χ0v) is 12.5. The van der Waals surface area contributed by atoms with Gasteiger partial charge < -0.3 is 14.6 Å². The van der Waals surface area contributed by atoms with Crippen molar-refractivity contribution in [2.45, 2.75) is 19.4 Å². The van der Waals surface area contributed by atoms with Crippen molar-refractivity contribution < 1.29 is 4.74 Å². The number of benzene rings is 1. The van der Waals surface area contributed by atoms with Gasteiger partial charge in [0, 0.05) is 19.9 Å². The lowest BCUT2D eigenvalue weighted by Gasteiger charge is -2.28. The van der Waals surface area contributed by atoms with Crippen LogP contribution in [0.3, 0.4) is 0 Å². The molecule has 0 spiro atoms. The molecule has 3 rings (SSSR count). The lowest BCUT2D eigenvalue weighted by atomic mass is 9.96. The fraction of sp³-hybridized carbons (Fsp3) is 0.353. The van der Waals surface area contributed by atoms with Crippen LogP contribution in [0.25, 0.3) is 5.70 Å². The number of imidazole rings is 1. The molecule has 0 saturated carbocycles. The zero-order chi connectivity index (χ0) is 14.7. The number of aromatic nitrogens is 2. The Kier molecular flexibility index (Phi) is 4.18. The predicted octanol–water partition coefficient (Wildman–Crippen LogP) is 2.46. The Morgan fingerprint density at radius 3 is 2.81 bits per heavy atom. The Morgan fingerprint density at radius 2 is 2.14 bits per heavy atom. The molecule has 4 heteroatoms. The second-order valence-electron chi connectivity index (χ2n) is 5.34. The lowest BCUT2D eigenvalue weighted by molar-refractivity contribution is 0.119. The molecule has 4 nitrogen and oxygen atoms in total. The van der Waals surface area contributed by atoms with E-state index in [1.165, 1.54) is 16.8 Å². The van der Waals surface area contributed by atoms with Crippen molar-refractivity contribution in [2.75, 3.05) is 20.2 Å². The van der Waals surface area contributed by atoms with Gasteiger partial charge in [-0.3, -0.25) is 0 Å². The summed E-state index contributed by atoms with van der Waals surface area (Å²) in [6.07, 6.45) is 5.06. The number of hydrogen-bond donors (Lipinski definition) is 1. The normalized spacial score (nSPS) is 21.3. The summed E-state index contributed by atoms with van der Waals surface area (Å²) in [6, 6.07) is 10.5. The van der Waals surface area contributed by atoms with Gasteiger partial charge in [-0.05, 0) is 31.0 Å². The Balaban J connectivity index is 2.15. The first-order valence-electron chi connectivity index (χ1n) is 7.32. The van der Waals surface area contributed by atoms with Crippen LogP contribution in [-0.4, -0.2) is 35.9 Å². The van der Waals surface area contributed by atoms with E-state index in [0.717, 1.165) is 25.2 Å². The van der Waals surface area contributed by atoms with E-state index in [2.05, 4.69) is 45.3 Å². The average Bonchev–Trinajstić information content (AvgIpc) is 2.95. The summed E-state index contributed by atoms with van der Waals surface area (Å²) >= 11 is 0. The molecule has 0 amide bonds. The molecule has 1 aromatic heterocycles. The molecule has 1 aliphatic heterocycles. The number of ether oxygens (including phenoxy) is 1. The van der Waals surface area contributed by atoms with Crippen molar-refractivity contribution in [2.24, 2.45) is 0 Å². The van der Waals surface area contributed by atoms with Crippen LogP contribution >= 0.6 is 0 Å². The maximum atomic E-state index is 5.68. The topological polar surface area (TPSA) is 39.1 Å². The van der Waals surface area contributed by atoms with E-state index < -0.39 is 0 Å². The molecule has 1 aromatic carbocycles. The van der Waals surface area contributed by atoms with E-state index in [9.17, 15) is 0 Å². The molecule has 1 fully saturated rings. The van der Waals surface area contributed by atoms with Crippen LogP contribution in [0.2, 0.25) is 0 Å². The number of rotatable bonds is 3. The number of hydrogen-bond acceptors (Lipinski definition) is 3. The fourth-order valence-electron chi connectivity index (χ4n) is 2.88. The summed E-state index contributed by atoms with van der Waals surface area (Å²) in [4.78, 5) is 4.38. The van der Waals surface area contributed by atoms with Gasteiger partial charge in [0.1, 0.15) is 0 Å². The van der Waals surface area contributed by atoms with E-state index in [0.29, 0.717) is 0 Å². The summed E-state index contributed by atoms with van der Waals surface area (Å²) in [5, 5.41) is 3.39. The number of nitrogens with one attached hydrogen (secondary N) is 1. The van der Waals surface area contributed by atoms with Crippen molar-refractivity contribution >= 4 is 5.70 Å². The highest BCUT2D eigenvalue weighted by Crippen LogP contribution is 2.28. The molecule has 1 aliphatic rings. The average molecular weight is 283 g/mol. The molecule has 21 heavy (non-hydrogen) atoms. The van der Waals surface area contributed by atoms with E-state index >= 15 is 0 Å². The maximum absolute atomic E-state index is 5.68. The van der Waals surface area contributed by atoms with Crippen LogP contribution in [0.5, 0.6) is 0 Å². The standard InChI is InChI=1S/C17H21N3O/c1-13-11-20(12-19-13)17(14-6-4-3-5-7-14)15-8-9-18-10-16(15)21-2/h3-7,11-12,16,18H,8-10H2,1-2H3. The second kappa shape index (κ2) is 6.24. The quantitative estimate of drug-likeness (QED) is 0.940. The molecular formula is C17H21N3O. The van der Waals surface area contributed by atoms with Gasteiger partial charge in [0.15, 0.2) is 0 Å². The smallest absolute Gasteiger partial charge is 0.0995 e. The third-order valence-electron chi connectivity index (χ3n) is 3.90. The van der Waals surface area contributed by atoms with Gasteiger partial charge in [-0.25, -0.2) is 4.98 Å². The van der Waals surface area contributed by atoms with Crippen LogP contribution in [0, 0.1) is 6.92 Å². The minimum absolute atomic E-state index is 0.108. The van der Waals surface area contributed by atoms with E-state index in [1.807, 2.05) is 19.3 Å². The largest absolute Gasteiger partial charge is 0.376 e. The molecule has 2 aromatic rings. The number of piperidine rings is 1. The maximum Gasteiger partial charge on any atom is 0.0995 e. The van der Waals surface area contributed by atoms with E-state index in [-0.39, 0.29) is 6.10 Å². The van der Waals surface area contributed by atoms with Gasteiger partial charge >= 0.3 is 0 Å². The number of nitrogens with zero attached hydrogens (tertiary/aromatic N) is 2. The van der Waals surface area contributed by atoms with Crippen molar-refractivity contribution in [1.29, 1.82) is 0 Å². The van der Waals surface area contributed by atoms with Crippen molar-refractivity contribution in [1.82, 2.24) is 14.9 Å². The molecule has 110 valence electrons. The van der Waals surface area contributed by atoms with Crippen LogP contribution < -0.4 is 5.32 Å². The monoisotopic (exact) mass is 283 g/mol. The van der Waals surface area contributed by atoms with Crippen LogP contribution in [0.4, 0.5) is 0 Å². The Bertz CT molecular complexity index is 630. The summed E-state index contributed by atoms with van der Waals surface area (Å²) in [5.41, 5.74) is 4.75. The number of aryl methyl sites for hydroxylation is 1. The van der Waals surface area contributed by atoms with Crippen LogP contribution in [-0.2, 0) is 4.74 Å². The van der Waals surface area contributed by atoms with Gasteiger partial charge in [0.2, 0.25) is 0 Å². The highest BCUT2D eigenvalue weighted by atomic mass is 16.5. The predicted molar refractivity (Wildman–Crippen MR) is 84.0 cm³/mol. The molecular weight excluding hydrogens is 262 g/mol. The summed E-state index contributed by atoms with van der Waals surface area (Å²) in [7, 11) is 1.78. The fourth-order valence-corrected chi connectivity index (χ4v) is 2.88. The first-order chi connectivity index (χ1) is 10.3. The highest BCUT2D eigenvalue weighted by molar-refractivity contribution is 5.70. The van der Waals surface area contributed by atoms with Gasteiger partial charge in [-0.15, -0.1) is 0 Å². The van der Waals surface area contributed by atoms with Crippen LogP contribution in [0.1, 0.15) is 17.7 Å². The molecule has 0 bridgehead atoms. The van der Waals surface area contributed by atoms with E-state index in [4.69, 9.17) is 4.74 Å². The van der Waals surface area contributed by atoms with Gasteiger partial charge in [-0.1, -0.05) is 30.3 Å². The van der Waals surface area contributed by atoms with Crippen molar-refractivity contribution in [3.63, 3.8) is 0 Å². The first-order valence-corrected chi connectivity index (χ1v) is 7.32. The highest BCUT2D eigenvalue weighted by Gasteiger charge is 2.23. The summed E-state index contributed by atoms with van der Waals surface area (Å²) < 4.78 is 7.80. The molecule has 2 heterocycles. The third kappa shape index (κ3) is 2.91. The van der Waals surface area contributed by atoms with E-state index in [1.54, 1.807) is 7.11 Å². The number of methoxy groups -OCH3 is 1. The first kappa shape index (κ1) is 14.0. The zero-order valence-electron chi connectivity index (χ0n) is 12.5. The second-order valence-corrected chi connectivity index (χ2v) is 5.34.